The Hall–Kier alpha value is -3.87. The third-order valence-electron chi connectivity index (χ3n) is 5.68. The molecule has 1 aromatic heterocycles. The minimum atomic E-state index is -0.487. The number of hydrogen-bond acceptors (Lipinski definition) is 6. The average Bonchev–Trinajstić information content (AvgIpc) is 2.88. The zero-order chi connectivity index (χ0) is 25.0. The van der Waals surface area contributed by atoms with E-state index in [0.717, 1.165) is 31.2 Å². The van der Waals surface area contributed by atoms with Gasteiger partial charge in [0, 0.05) is 18.2 Å². The Labute approximate surface area is 206 Å². The number of esters is 1. The second kappa shape index (κ2) is 13.1. The minimum absolute atomic E-state index is 0.0938. The Kier molecular flexibility index (Phi) is 9.66. The van der Waals surface area contributed by atoms with Crippen LogP contribution < -0.4 is 14.8 Å². The van der Waals surface area contributed by atoms with E-state index in [-0.39, 0.29) is 18.2 Å². The van der Waals surface area contributed by atoms with Crippen molar-refractivity contribution in [3.05, 3.63) is 78.0 Å². The highest BCUT2D eigenvalue weighted by atomic mass is 16.5. The van der Waals surface area contributed by atoms with Gasteiger partial charge < -0.3 is 19.5 Å². The first-order valence-corrected chi connectivity index (χ1v) is 11.8. The molecule has 0 bridgehead atoms. The maximum Gasteiger partial charge on any atom is 0.337 e. The first kappa shape index (κ1) is 25.7. The summed E-state index contributed by atoms with van der Waals surface area (Å²) < 4.78 is 16.2. The molecule has 184 valence electrons. The largest absolute Gasteiger partial charge is 0.495 e. The second-order valence-corrected chi connectivity index (χ2v) is 8.16. The van der Waals surface area contributed by atoms with Crippen molar-refractivity contribution in [2.75, 3.05) is 19.5 Å². The Morgan fingerprint density at radius 2 is 1.80 bits per heavy atom. The molecule has 0 aliphatic heterocycles. The summed E-state index contributed by atoms with van der Waals surface area (Å²) in [5.41, 5.74) is 1.63. The Balaban J connectivity index is 1.83. The van der Waals surface area contributed by atoms with Gasteiger partial charge in [-0.3, -0.25) is 4.79 Å². The lowest BCUT2D eigenvalue weighted by atomic mass is 9.90. The van der Waals surface area contributed by atoms with Gasteiger partial charge in [0.2, 0.25) is 11.8 Å². The Morgan fingerprint density at radius 3 is 2.51 bits per heavy atom. The zero-order valence-corrected chi connectivity index (χ0v) is 20.5. The molecule has 0 fully saturated rings. The van der Waals surface area contributed by atoms with E-state index in [0.29, 0.717) is 28.6 Å². The summed E-state index contributed by atoms with van der Waals surface area (Å²) in [5.74, 6) is 0.874. The number of para-hydroxylation sites is 1. The molecule has 0 saturated carbocycles. The van der Waals surface area contributed by atoms with Gasteiger partial charge in [-0.15, -0.1) is 0 Å². The Bertz CT molecular complexity index is 1120. The fourth-order valence-electron chi connectivity index (χ4n) is 3.88. The number of carbonyl (C=O) groups excluding carboxylic acids is 2. The van der Waals surface area contributed by atoms with E-state index >= 15 is 0 Å². The summed E-state index contributed by atoms with van der Waals surface area (Å²) in [6.07, 6.45) is 5.87. The maximum atomic E-state index is 13.2. The SMILES string of the molecule is CCCCCC(CC(=O)Nc1cc(C(=O)OC)ccc1OC)c1cccnc1Oc1ccccc1. The molecule has 7 nitrogen and oxygen atoms in total. The van der Waals surface area contributed by atoms with Gasteiger partial charge in [0.1, 0.15) is 11.5 Å². The molecule has 1 atom stereocenters. The number of carbonyl (C=O) groups is 2. The van der Waals surface area contributed by atoms with Crippen LogP contribution in [0.15, 0.2) is 66.9 Å². The van der Waals surface area contributed by atoms with Crippen LogP contribution in [-0.2, 0) is 9.53 Å². The minimum Gasteiger partial charge on any atom is -0.495 e. The third-order valence-corrected chi connectivity index (χ3v) is 5.68. The van der Waals surface area contributed by atoms with Gasteiger partial charge in [0.05, 0.1) is 25.5 Å². The van der Waals surface area contributed by atoms with Crippen molar-refractivity contribution in [3.63, 3.8) is 0 Å². The van der Waals surface area contributed by atoms with Crippen LogP contribution in [-0.4, -0.2) is 31.1 Å². The highest BCUT2D eigenvalue weighted by Crippen LogP contribution is 2.35. The molecule has 0 radical (unpaired) electrons. The van der Waals surface area contributed by atoms with Crippen LogP contribution in [0, 0.1) is 0 Å². The van der Waals surface area contributed by atoms with Crippen LogP contribution in [0.1, 0.15) is 60.9 Å². The molecule has 35 heavy (non-hydrogen) atoms. The standard InChI is InChI=1S/C28H32N2O5/c1-4-5-7-11-20(23-14-10-17-29-27(23)35-22-12-8-6-9-13-22)19-26(31)30-24-18-21(28(32)34-3)15-16-25(24)33-2/h6,8-10,12-18,20H,4-5,7,11,19H2,1-3H3,(H,30,31). The molecule has 1 unspecified atom stereocenters. The van der Waals surface area contributed by atoms with E-state index in [1.807, 2.05) is 42.5 Å². The van der Waals surface area contributed by atoms with Crippen LogP contribution in [0.25, 0.3) is 0 Å². The number of nitrogens with one attached hydrogen (secondary N) is 1. The first-order valence-electron chi connectivity index (χ1n) is 11.8. The lowest BCUT2D eigenvalue weighted by Crippen LogP contribution is -2.17. The number of pyridine rings is 1. The molecule has 1 N–H and O–H groups in total. The highest BCUT2D eigenvalue weighted by Gasteiger charge is 2.22. The van der Waals surface area contributed by atoms with E-state index in [2.05, 4.69) is 17.2 Å². The molecule has 3 rings (SSSR count). The van der Waals surface area contributed by atoms with Crippen molar-refractivity contribution < 1.29 is 23.8 Å². The van der Waals surface area contributed by atoms with Gasteiger partial charge in [0.25, 0.3) is 0 Å². The normalized spacial score (nSPS) is 11.4. The average molecular weight is 477 g/mol. The molecular weight excluding hydrogens is 444 g/mol. The van der Waals surface area contributed by atoms with E-state index in [1.54, 1.807) is 24.4 Å². The van der Waals surface area contributed by atoms with E-state index < -0.39 is 5.97 Å². The van der Waals surface area contributed by atoms with Gasteiger partial charge in [-0.2, -0.15) is 0 Å². The monoisotopic (exact) mass is 476 g/mol. The van der Waals surface area contributed by atoms with Crippen molar-refractivity contribution in [1.29, 1.82) is 0 Å². The summed E-state index contributed by atoms with van der Waals surface area (Å²) >= 11 is 0. The zero-order valence-electron chi connectivity index (χ0n) is 20.5. The molecular formula is C28H32N2O5. The van der Waals surface area contributed by atoms with Crippen molar-refractivity contribution >= 4 is 17.6 Å². The van der Waals surface area contributed by atoms with Crippen LogP contribution in [0.3, 0.4) is 0 Å². The van der Waals surface area contributed by atoms with Crippen LogP contribution in [0.2, 0.25) is 0 Å². The van der Waals surface area contributed by atoms with E-state index in [9.17, 15) is 9.59 Å². The summed E-state index contributed by atoms with van der Waals surface area (Å²) in [6, 6.07) is 18.1. The number of anilines is 1. The third kappa shape index (κ3) is 7.30. The van der Waals surface area contributed by atoms with Gasteiger partial charge in [-0.1, -0.05) is 50.5 Å². The number of aromatic nitrogens is 1. The summed E-state index contributed by atoms with van der Waals surface area (Å²) in [4.78, 5) is 29.6. The highest BCUT2D eigenvalue weighted by molar-refractivity contribution is 5.96. The molecule has 1 heterocycles. The molecule has 7 heteroatoms. The van der Waals surface area contributed by atoms with Gasteiger partial charge in [0.15, 0.2) is 0 Å². The number of benzene rings is 2. The molecule has 0 saturated heterocycles. The Morgan fingerprint density at radius 1 is 1.00 bits per heavy atom. The number of nitrogens with zero attached hydrogens (tertiary/aromatic N) is 1. The quantitative estimate of drug-likeness (QED) is 0.242. The lowest BCUT2D eigenvalue weighted by Gasteiger charge is -2.20. The predicted molar refractivity (Wildman–Crippen MR) is 135 cm³/mol. The second-order valence-electron chi connectivity index (χ2n) is 8.16. The number of hydrogen-bond donors (Lipinski definition) is 1. The molecule has 1 amide bonds. The molecule has 2 aromatic carbocycles. The summed E-state index contributed by atoms with van der Waals surface area (Å²) in [5, 5.41) is 2.91. The van der Waals surface area contributed by atoms with Crippen LogP contribution in [0.4, 0.5) is 5.69 Å². The fraction of sp³-hybridized carbons (Fsp3) is 0.321. The van der Waals surface area contributed by atoms with Crippen molar-refractivity contribution in [3.8, 4) is 17.4 Å². The maximum absolute atomic E-state index is 13.2. The topological polar surface area (TPSA) is 86.8 Å². The molecule has 0 aliphatic rings. The predicted octanol–water partition coefficient (Wildman–Crippen LogP) is 6.36. The van der Waals surface area contributed by atoms with E-state index in [4.69, 9.17) is 14.2 Å². The van der Waals surface area contributed by atoms with E-state index in [1.165, 1.54) is 14.2 Å². The fourth-order valence-corrected chi connectivity index (χ4v) is 3.88. The van der Waals surface area contributed by atoms with Gasteiger partial charge in [-0.05, 0) is 48.7 Å². The summed E-state index contributed by atoms with van der Waals surface area (Å²) in [7, 11) is 2.83. The smallest absolute Gasteiger partial charge is 0.337 e. The summed E-state index contributed by atoms with van der Waals surface area (Å²) in [6.45, 7) is 2.15. The lowest BCUT2D eigenvalue weighted by molar-refractivity contribution is -0.116. The number of amides is 1. The number of ether oxygens (including phenoxy) is 3. The number of methoxy groups -OCH3 is 2. The number of unbranched alkanes of at least 4 members (excludes halogenated alkanes) is 2. The number of rotatable bonds is 12. The van der Waals surface area contributed by atoms with Crippen LogP contribution >= 0.6 is 0 Å². The van der Waals surface area contributed by atoms with Crippen LogP contribution in [0.5, 0.6) is 17.4 Å². The first-order chi connectivity index (χ1) is 17.0. The molecule has 3 aromatic rings. The molecule has 0 spiro atoms. The van der Waals surface area contributed by atoms with Crippen molar-refractivity contribution in [2.24, 2.45) is 0 Å². The van der Waals surface area contributed by atoms with Gasteiger partial charge >= 0.3 is 5.97 Å². The van der Waals surface area contributed by atoms with Gasteiger partial charge in [-0.25, -0.2) is 9.78 Å². The van der Waals surface area contributed by atoms with Crippen molar-refractivity contribution in [2.45, 2.75) is 44.9 Å². The van der Waals surface area contributed by atoms with Crippen molar-refractivity contribution in [1.82, 2.24) is 4.98 Å². The molecule has 0 aliphatic carbocycles.